The molecule has 2 aromatic carbocycles. The van der Waals surface area contributed by atoms with Gasteiger partial charge >= 0.3 is 5.76 Å². The number of aryl methyl sites for hydroxylation is 1. The number of rotatable bonds is 10. The molecule has 0 aliphatic rings. The molecule has 0 saturated heterocycles. The lowest BCUT2D eigenvalue weighted by Gasteiger charge is -2.16. The van der Waals surface area contributed by atoms with Crippen molar-refractivity contribution in [2.45, 2.75) is 46.1 Å². The predicted octanol–water partition coefficient (Wildman–Crippen LogP) is 4.91. The molecule has 4 aromatic rings. The molecule has 9 heteroatoms. The van der Waals surface area contributed by atoms with Crippen molar-refractivity contribution in [1.82, 2.24) is 9.13 Å². The molecule has 0 atom stereocenters. The molecule has 8 nitrogen and oxygen atoms in total. The zero-order valence-electron chi connectivity index (χ0n) is 20.2. The van der Waals surface area contributed by atoms with Gasteiger partial charge in [0.15, 0.2) is 18.1 Å². The van der Waals surface area contributed by atoms with Crippen molar-refractivity contribution in [3.63, 3.8) is 0 Å². The van der Waals surface area contributed by atoms with E-state index in [2.05, 4.69) is 24.2 Å². The number of methoxy groups -OCH3 is 2. The zero-order valence-corrected chi connectivity index (χ0v) is 21.2. The van der Waals surface area contributed by atoms with Gasteiger partial charge in [-0.05, 0) is 19.0 Å². The summed E-state index contributed by atoms with van der Waals surface area (Å²) in [5.41, 5.74) is 3.73. The molecular weight excluding hydrogens is 440 g/mol. The summed E-state index contributed by atoms with van der Waals surface area (Å²) in [7, 11) is 1.99. The lowest BCUT2D eigenvalue weighted by atomic mass is 10.1. The van der Waals surface area contributed by atoms with E-state index in [1.165, 1.54) is 0 Å². The highest BCUT2D eigenvalue weighted by Gasteiger charge is 2.26. The number of hydrogen-bond acceptors (Lipinski definition) is 6. The van der Waals surface area contributed by atoms with E-state index in [0.717, 1.165) is 33.4 Å². The molecule has 0 fully saturated rings. The normalized spacial score (nSPS) is 12.4. The topological polar surface area (TPSA) is 77.0 Å². The van der Waals surface area contributed by atoms with Crippen molar-refractivity contribution in [2.75, 3.05) is 27.6 Å². The highest BCUT2D eigenvalue weighted by Crippen LogP contribution is 2.43. The summed E-state index contributed by atoms with van der Waals surface area (Å²) in [6.07, 6.45) is 0. The molecule has 0 amide bonds. The molecule has 0 aliphatic heterocycles. The van der Waals surface area contributed by atoms with E-state index in [0.29, 0.717) is 30.2 Å². The number of hydrogen-bond donors (Lipinski definition) is 0. The van der Waals surface area contributed by atoms with Crippen LogP contribution in [0.5, 0.6) is 5.75 Å². The number of para-hydroxylation sites is 1. The molecular formula is C24H32N2O6Si. The van der Waals surface area contributed by atoms with E-state index in [9.17, 15) is 4.79 Å². The van der Waals surface area contributed by atoms with Crippen LogP contribution in [0.25, 0.3) is 32.9 Å². The van der Waals surface area contributed by atoms with Crippen molar-refractivity contribution < 1.29 is 23.4 Å². The van der Waals surface area contributed by atoms with Crippen molar-refractivity contribution in [2.24, 2.45) is 0 Å². The fourth-order valence-electron chi connectivity index (χ4n) is 4.18. The number of nitrogens with zero attached hydrogens (tertiary/aromatic N) is 2. The monoisotopic (exact) mass is 472 g/mol. The van der Waals surface area contributed by atoms with Gasteiger partial charge in [0.05, 0.1) is 11.0 Å². The number of aromatic nitrogens is 2. The number of ether oxygens (including phenoxy) is 4. The van der Waals surface area contributed by atoms with Crippen LogP contribution in [0.15, 0.2) is 33.5 Å². The van der Waals surface area contributed by atoms with Crippen LogP contribution in [0.4, 0.5) is 0 Å². The van der Waals surface area contributed by atoms with Crippen molar-refractivity contribution in [3.8, 4) is 5.75 Å². The Balaban J connectivity index is 2.00. The molecule has 2 aromatic heterocycles. The zero-order chi connectivity index (χ0) is 23.8. The SMILES string of the molecule is COCOc1c(C)c2oc(=O)n(COCC[Si](C)(C)C)c2c2c3ccccc3n(COC)c12. The molecule has 33 heavy (non-hydrogen) atoms. The van der Waals surface area contributed by atoms with Crippen LogP contribution >= 0.6 is 0 Å². The van der Waals surface area contributed by atoms with Gasteiger partial charge in [0, 0.05) is 45.2 Å². The number of fused-ring (bicyclic) bond motifs is 5. The van der Waals surface area contributed by atoms with Crippen LogP contribution in [0.1, 0.15) is 5.56 Å². The van der Waals surface area contributed by atoms with Gasteiger partial charge in [-0.15, -0.1) is 0 Å². The minimum Gasteiger partial charge on any atom is -0.465 e. The van der Waals surface area contributed by atoms with E-state index in [4.69, 9.17) is 23.4 Å². The van der Waals surface area contributed by atoms with Gasteiger partial charge in [0.2, 0.25) is 0 Å². The van der Waals surface area contributed by atoms with Gasteiger partial charge in [0.1, 0.15) is 19.0 Å². The number of oxazole rings is 1. The maximum absolute atomic E-state index is 12.9. The highest BCUT2D eigenvalue weighted by molar-refractivity contribution is 6.76. The average molecular weight is 473 g/mol. The van der Waals surface area contributed by atoms with Gasteiger partial charge < -0.3 is 27.9 Å². The quantitative estimate of drug-likeness (QED) is 0.185. The first kappa shape index (κ1) is 23.6. The van der Waals surface area contributed by atoms with Gasteiger partial charge in [0.25, 0.3) is 0 Å². The van der Waals surface area contributed by atoms with E-state index in [-0.39, 0.29) is 13.5 Å². The molecule has 0 aliphatic carbocycles. The molecule has 2 heterocycles. The Labute approximate surface area is 193 Å². The first-order chi connectivity index (χ1) is 15.8. The minimum atomic E-state index is -1.24. The minimum absolute atomic E-state index is 0.0701. The first-order valence-corrected chi connectivity index (χ1v) is 14.7. The first-order valence-electron chi connectivity index (χ1n) is 11.0. The summed E-state index contributed by atoms with van der Waals surface area (Å²) in [6.45, 7) is 9.93. The lowest BCUT2D eigenvalue weighted by molar-refractivity contribution is 0.0512. The van der Waals surface area contributed by atoms with Crippen molar-refractivity contribution in [3.05, 3.63) is 40.4 Å². The van der Waals surface area contributed by atoms with Crippen molar-refractivity contribution >= 4 is 41.0 Å². The highest BCUT2D eigenvalue weighted by atomic mass is 28.3. The molecule has 0 N–H and O–H groups in total. The fraction of sp³-hybridized carbons (Fsp3) is 0.458. The standard InChI is InChI=1S/C24H32N2O6Si/c1-16-22(31-15-29-3)20-19(17-9-7-8-10-18(17)25(20)13-28-2)21-23(16)32-24(27)26(21)14-30-11-12-33(4,5)6/h7-10H,11-15H2,1-6H3. The van der Waals surface area contributed by atoms with Crippen LogP contribution in [0.3, 0.4) is 0 Å². The molecule has 0 unspecified atom stereocenters. The van der Waals surface area contributed by atoms with Crippen LogP contribution in [-0.2, 0) is 27.7 Å². The lowest BCUT2D eigenvalue weighted by Crippen LogP contribution is -2.23. The van der Waals surface area contributed by atoms with Crippen LogP contribution < -0.4 is 10.5 Å². The molecule has 0 spiro atoms. The van der Waals surface area contributed by atoms with Gasteiger partial charge in [-0.3, -0.25) is 0 Å². The summed E-state index contributed by atoms with van der Waals surface area (Å²) in [4.78, 5) is 12.9. The Hall–Kier alpha value is -2.59. The van der Waals surface area contributed by atoms with E-state index < -0.39 is 13.8 Å². The maximum Gasteiger partial charge on any atom is 0.421 e. The summed E-state index contributed by atoms with van der Waals surface area (Å²) >= 11 is 0. The molecule has 4 rings (SSSR count). The molecule has 178 valence electrons. The van der Waals surface area contributed by atoms with Gasteiger partial charge in [-0.25, -0.2) is 9.36 Å². The smallest absolute Gasteiger partial charge is 0.421 e. The second-order valence-electron chi connectivity index (χ2n) is 9.41. The second kappa shape index (κ2) is 9.34. The summed E-state index contributed by atoms with van der Waals surface area (Å²) in [5.74, 6) is 0.156. The molecule has 0 saturated carbocycles. The van der Waals surface area contributed by atoms with Gasteiger partial charge in [-0.1, -0.05) is 37.8 Å². The van der Waals surface area contributed by atoms with Crippen molar-refractivity contribution in [1.29, 1.82) is 0 Å². The number of benzene rings is 2. The Kier molecular flexibility index (Phi) is 6.67. The summed E-state index contributed by atoms with van der Waals surface area (Å²) < 4.78 is 32.0. The van der Waals surface area contributed by atoms with Crippen LogP contribution in [0, 0.1) is 6.92 Å². The van der Waals surface area contributed by atoms with Crippen LogP contribution in [0.2, 0.25) is 25.7 Å². The van der Waals surface area contributed by atoms with E-state index in [1.54, 1.807) is 18.8 Å². The third kappa shape index (κ3) is 4.33. The summed E-state index contributed by atoms with van der Waals surface area (Å²) in [5, 5.41) is 1.85. The van der Waals surface area contributed by atoms with E-state index >= 15 is 0 Å². The van der Waals surface area contributed by atoms with Gasteiger partial charge in [-0.2, -0.15) is 0 Å². The van der Waals surface area contributed by atoms with Crippen LogP contribution in [-0.4, -0.2) is 44.8 Å². The Morgan fingerprint density at radius 3 is 2.45 bits per heavy atom. The Bertz CT molecular complexity index is 1340. The fourth-order valence-corrected chi connectivity index (χ4v) is 4.93. The largest absolute Gasteiger partial charge is 0.465 e. The molecule has 0 radical (unpaired) electrons. The Morgan fingerprint density at radius 1 is 1.00 bits per heavy atom. The van der Waals surface area contributed by atoms with E-state index in [1.807, 2.05) is 31.2 Å². The Morgan fingerprint density at radius 2 is 1.76 bits per heavy atom. The maximum atomic E-state index is 12.9. The molecule has 0 bridgehead atoms. The summed E-state index contributed by atoms with van der Waals surface area (Å²) in [6, 6.07) is 9.05. The average Bonchev–Trinajstić information content (AvgIpc) is 3.26. The second-order valence-corrected chi connectivity index (χ2v) is 15.0. The third-order valence-electron chi connectivity index (χ3n) is 5.79. The predicted molar refractivity (Wildman–Crippen MR) is 132 cm³/mol. The third-order valence-corrected chi connectivity index (χ3v) is 7.50.